The molecule has 5 nitrogen and oxygen atoms in total. The highest BCUT2D eigenvalue weighted by Gasteiger charge is 2.57. The zero-order chi connectivity index (χ0) is 14.8. The van der Waals surface area contributed by atoms with Crippen LogP contribution in [0.4, 0.5) is 10.2 Å². The Hall–Kier alpha value is -1.24. The Bertz CT molecular complexity index is 611. The number of nitrogens with zero attached hydrogens (tertiary/aromatic N) is 4. The van der Waals surface area contributed by atoms with E-state index in [4.69, 9.17) is 0 Å². The highest BCUT2D eigenvalue weighted by Crippen LogP contribution is 2.45. The monoisotopic (exact) mass is 354 g/mol. The number of hydrogen-bond acceptors (Lipinski definition) is 4. The number of rotatable bonds is 2. The number of hydrogen-bond donors (Lipinski definition) is 0. The topological polar surface area (TPSA) is 49.3 Å². The molecule has 3 heterocycles. The molecule has 112 valence electrons. The second kappa shape index (κ2) is 4.38. The minimum Gasteiger partial charge on any atom is -0.354 e. The number of carbonyl (C=O) groups is 1. The van der Waals surface area contributed by atoms with Gasteiger partial charge in [-0.25, -0.2) is 14.4 Å². The molecule has 1 amide bonds. The van der Waals surface area contributed by atoms with Gasteiger partial charge in [0.15, 0.2) is 0 Å². The zero-order valence-electron chi connectivity index (χ0n) is 11.7. The van der Waals surface area contributed by atoms with Crippen LogP contribution in [0.5, 0.6) is 0 Å². The fourth-order valence-corrected chi connectivity index (χ4v) is 3.81. The van der Waals surface area contributed by atoms with Crippen LogP contribution < -0.4 is 4.90 Å². The van der Waals surface area contributed by atoms with Crippen LogP contribution in [-0.2, 0) is 4.79 Å². The van der Waals surface area contributed by atoms with Gasteiger partial charge in [0.1, 0.15) is 18.3 Å². The number of amides is 1. The Morgan fingerprint density at radius 1 is 1.38 bits per heavy atom. The molecular weight excluding hydrogens is 339 g/mol. The van der Waals surface area contributed by atoms with E-state index in [9.17, 15) is 9.18 Å². The highest BCUT2D eigenvalue weighted by atomic mass is 79.9. The molecule has 2 aliphatic heterocycles. The van der Waals surface area contributed by atoms with Gasteiger partial charge in [0.05, 0.1) is 16.1 Å². The number of halogens is 2. The number of likely N-dealkylation sites (tertiary alicyclic amines) is 1. The van der Waals surface area contributed by atoms with Crippen molar-refractivity contribution in [1.29, 1.82) is 0 Å². The summed E-state index contributed by atoms with van der Waals surface area (Å²) in [7, 11) is 0. The normalized spacial score (nSPS) is 29.1. The number of aryl methyl sites for hydroxylation is 1. The first-order chi connectivity index (χ1) is 9.99. The fourth-order valence-electron chi connectivity index (χ4n) is 3.35. The number of alkyl halides is 1. The largest absolute Gasteiger partial charge is 0.354 e. The van der Waals surface area contributed by atoms with Crippen molar-refractivity contribution < 1.29 is 9.18 Å². The molecule has 1 aromatic heterocycles. The van der Waals surface area contributed by atoms with Crippen LogP contribution in [0.3, 0.4) is 0 Å². The van der Waals surface area contributed by atoms with Gasteiger partial charge in [-0.1, -0.05) is 0 Å². The van der Waals surface area contributed by atoms with Crippen molar-refractivity contribution in [3.8, 4) is 0 Å². The Morgan fingerprint density at radius 2 is 2.05 bits per heavy atom. The van der Waals surface area contributed by atoms with Gasteiger partial charge in [0.25, 0.3) is 0 Å². The maximum absolute atomic E-state index is 12.9. The van der Waals surface area contributed by atoms with E-state index in [1.807, 2.05) is 11.8 Å². The lowest BCUT2D eigenvalue weighted by Gasteiger charge is -2.60. The molecule has 3 fully saturated rings. The predicted octanol–water partition coefficient (Wildman–Crippen LogP) is 1.55. The molecule has 2 unspecified atom stereocenters. The Kier molecular flexibility index (Phi) is 2.80. The van der Waals surface area contributed by atoms with Crippen molar-refractivity contribution >= 4 is 27.7 Å². The summed E-state index contributed by atoms with van der Waals surface area (Å²) in [6.45, 7) is 5.25. The van der Waals surface area contributed by atoms with Crippen LogP contribution in [0.1, 0.15) is 12.1 Å². The van der Waals surface area contributed by atoms with E-state index in [1.165, 1.54) is 0 Å². The maximum atomic E-state index is 12.9. The Balaban J connectivity index is 1.36. The molecule has 1 spiro atoms. The summed E-state index contributed by atoms with van der Waals surface area (Å²) in [5, 5.41) is 0. The van der Waals surface area contributed by atoms with Crippen LogP contribution in [-0.4, -0.2) is 53.1 Å². The lowest BCUT2D eigenvalue weighted by molar-refractivity contribution is -0.147. The number of aromatic nitrogens is 2. The molecule has 1 aromatic rings. The lowest BCUT2D eigenvalue weighted by Crippen LogP contribution is -2.73. The van der Waals surface area contributed by atoms with Crippen LogP contribution >= 0.6 is 15.9 Å². The molecule has 4 rings (SSSR count). The van der Waals surface area contributed by atoms with Gasteiger partial charge in [-0.2, -0.15) is 0 Å². The first-order valence-corrected chi connectivity index (χ1v) is 7.93. The van der Waals surface area contributed by atoms with Crippen LogP contribution in [0.15, 0.2) is 10.8 Å². The van der Waals surface area contributed by atoms with Gasteiger partial charge >= 0.3 is 0 Å². The van der Waals surface area contributed by atoms with Gasteiger partial charge in [0.2, 0.25) is 5.91 Å². The van der Waals surface area contributed by atoms with Crippen molar-refractivity contribution in [2.45, 2.75) is 19.5 Å². The van der Waals surface area contributed by atoms with E-state index in [0.717, 1.165) is 42.2 Å². The summed E-state index contributed by atoms with van der Waals surface area (Å²) >= 11 is 3.53. The first-order valence-electron chi connectivity index (χ1n) is 7.14. The smallest absolute Gasteiger partial charge is 0.228 e. The minimum absolute atomic E-state index is 0.00522. The second-order valence-electron chi connectivity index (χ2n) is 6.51. The minimum atomic E-state index is -0.896. The van der Waals surface area contributed by atoms with E-state index < -0.39 is 6.17 Å². The summed E-state index contributed by atoms with van der Waals surface area (Å²) in [6.07, 6.45) is 1.10. The molecule has 0 bridgehead atoms. The number of carbonyl (C=O) groups excluding carboxylic acids is 1. The molecule has 21 heavy (non-hydrogen) atoms. The van der Waals surface area contributed by atoms with Crippen LogP contribution in [0, 0.1) is 18.3 Å². The first kappa shape index (κ1) is 13.4. The quantitative estimate of drug-likeness (QED) is 0.808. The van der Waals surface area contributed by atoms with Gasteiger partial charge in [-0.05, 0) is 29.3 Å². The average Bonchev–Trinajstić information content (AvgIpc) is 3.07. The molecule has 2 atom stereocenters. The highest BCUT2D eigenvalue weighted by molar-refractivity contribution is 9.10. The van der Waals surface area contributed by atoms with E-state index in [0.29, 0.717) is 6.42 Å². The lowest BCUT2D eigenvalue weighted by atomic mass is 9.72. The molecule has 0 radical (unpaired) electrons. The van der Waals surface area contributed by atoms with Gasteiger partial charge in [-0.15, -0.1) is 0 Å². The fraction of sp³-hybridized carbons (Fsp3) is 0.643. The summed E-state index contributed by atoms with van der Waals surface area (Å²) in [5.74, 6) is 0.576. The summed E-state index contributed by atoms with van der Waals surface area (Å²) in [6, 6.07) is 0. The van der Waals surface area contributed by atoms with E-state index in [2.05, 4.69) is 30.8 Å². The van der Waals surface area contributed by atoms with Crippen molar-refractivity contribution in [1.82, 2.24) is 14.9 Å². The van der Waals surface area contributed by atoms with Gasteiger partial charge in [-0.3, -0.25) is 4.79 Å². The standard InChI is InChI=1S/C14H16BrFN4O/c1-8-11(15)12(18-7-17-8)19-3-14(4-19)5-20(6-14)13(21)9-2-10(9)16/h7,9-10H,2-6H2,1H3. The van der Waals surface area contributed by atoms with Crippen LogP contribution in [0.25, 0.3) is 0 Å². The van der Waals surface area contributed by atoms with Crippen molar-refractivity contribution in [2.24, 2.45) is 11.3 Å². The third kappa shape index (κ3) is 2.05. The van der Waals surface area contributed by atoms with Crippen molar-refractivity contribution in [2.75, 3.05) is 31.1 Å². The third-order valence-electron chi connectivity index (χ3n) is 4.69. The van der Waals surface area contributed by atoms with E-state index >= 15 is 0 Å². The SMILES string of the molecule is Cc1ncnc(N2CC3(CN(C(=O)C4CC4F)C3)C2)c1Br. The Labute approximate surface area is 130 Å². The summed E-state index contributed by atoms with van der Waals surface area (Å²) in [5.41, 5.74) is 1.11. The number of anilines is 1. The van der Waals surface area contributed by atoms with E-state index in [1.54, 1.807) is 6.33 Å². The van der Waals surface area contributed by atoms with Crippen LogP contribution in [0.2, 0.25) is 0 Å². The van der Waals surface area contributed by atoms with Crippen molar-refractivity contribution in [3.05, 3.63) is 16.5 Å². The molecule has 2 saturated heterocycles. The molecular formula is C14H16BrFN4O. The molecule has 7 heteroatoms. The molecule has 0 aromatic carbocycles. The summed E-state index contributed by atoms with van der Waals surface area (Å²) in [4.78, 5) is 24.4. The predicted molar refractivity (Wildman–Crippen MR) is 78.7 cm³/mol. The summed E-state index contributed by atoms with van der Waals surface area (Å²) < 4.78 is 13.9. The molecule has 3 aliphatic rings. The van der Waals surface area contributed by atoms with Gasteiger partial charge in [0, 0.05) is 31.6 Å². The maximum Gasteiger partial charge on any atom is 0.228 e. The zero-order valence-corrected chi connectivity index (χ0v) is 13.3. The Morgan fingerprint density at radius 3 is 2.67 bits per heavy atom. The average molecular weight is 355 g/mol. The van der Waals surface area contributed by atoms with Gasteiger partial charge < -0.3 is 9.80 Å². The van der Waals surface area contributed by atoms with Crippen molar-refractivity contribution in [3.63, 3.8) is 0 Å². The molecule has 1 saturated carbocycles. The molecule has 0 N–H and O–H groups in total. The third-order valence-corrected chi connectivity index (χ3v) is 5.62. The van der Waals surface area contributed by atoms with E-state index in [-0.39, 0.29) is 17.2 Å². The molecule has 1 aliphatic carbocycles. The second-order valence-corrected chi connectivity index (χ2v) is 7.30.